The van der Waals surface area contributed by atoms with Crippen molar-refractivity contribution in [1.29, 1.82) is 0 Å². The highest BCUT2D eigenvalue weighted by molar-refractivity contribution is 7.17. The topological polar surface area (TPSA) is 102 Å². The van der Waals surface area contributed by atoms with Crippen LogP contribution in [-0.2, 0) is 0 Å². The molecule has 2 aromatic heterocycles. The molecule has 0 fully saturated rings. The highest BCUT2D eigenvalue weighted by atomic mass is 35.5. The van der Waals surface area contributed by atoms with Crippen LogP contribution in [0.25, 0.3) is 16.3 Å². The van der Waals surface area contributed by atoms with Crippen molar-refractivity contribution in [2.45, 2.75) is 13.8 Å². The van der Waals surface area contributed by atoms with E-state index in [0.717, 1.165) is 10.6 Å². The van der Waals surface area contributed by atoms with E-state index < -0.39 is 11.8 Å². The van der Waals surface area contributed by atoms with Crippen LogP contribution in [0, 0.1) is 13.8 Å². The Morgan fingerprint density at radius 3 is 2.48 bits per heavy atom. The van der Waals surface area contributed by atoms with Crippen molar-refractivity contribution in [1.82, 2.24) is 30.8 Å². The third-order valence-corrected chi connectivity index (χ3v) is 5.92. The number of amides is 2. The van der Waals surface area contributed by atoms with Crippen LogP contribution in [0.5, 0.6) is 0 Å². The highest BCUT2D eigenvalue weighted by Crippen LogP contribution is 2.27. The number of hydrazine groups is 1. The van der Waals surface area contributed by atoms with Crippen LogP contribution in [0.3, 0.4) is 0 Å². The molecule has 0 unspecified atom stereocenters. The minimum absolute atomic E-state index is 0.0891. The van der Waals surface area contributed by atoms with Gasteiger partial charge in [-0.25, -0.2) is 9.67 Å². The Bertz CT molecular complexity index is 1270. The number of nitrogens with one attached hydrogen (secondary N) is 2. The lowest BCUT2D eigenvalue weighted by atomic mass is 10.2. The molecule has 0 bridgehead atoms. The molecular formula is C21H17ClN6O2S. The molecule has 0 spiro atoms. The van der Waals surface area contributed by atoms with Crippen LogP contribution in [0.2, 0.25) is 5.02 Å². The second-order valence-electron chi connectivity index (χ2n) is 6.62. The van der Waals surface area contributed by atoms with Gasteiger partial charge in [0.1, 0.15) is 9.88 Å². The van der Waals surface area contributed by atoms with Gasteiger partial charge in [-0.15, -0.1) is 16.4 Å². The Morgan fingerprint density at radius 1 is 1.00 bits per heavy atom. The summed E-state index contributed by atoms with van der Waals surface area (Å²) in [6.07, 6.45) is 0. The number of thiazole rings is 1. The van der Waals surface area contributed by atoms with E-state index in [1.807, 2.05) is 30.3 Å². The molecule has 0 atom stereocenters. The number of rotatable bonds is 4. The number of hydrogen-bond donors (Lipinski definition) is 2. The summed E-state index contributed by atoms with van der Waals surface area (Å²) in [4.78, 5) is 30.0. The largest absolute Gasteiger partial charge is 0.292 e. The molecule has 4 aromatic rings. The van der Waals surface area contributed by atoms with Gasteiger partial charge in [-0.1, -0.05) is 53.2 Å². The average molecular weight is 453 g/mol. The van der Waals surface area contributed by atoms with Crippen molar-refractivity contribution >= 4 is 34.8 Å². The molecule has 2 N–H and O–H groups in total. The summed E-state index contributed by atoms with van der Waals surface area (Å²) in [6, 6.07) is 16.6. The number of hydrogen-bond acceptors (Lipinski definition) is 6. The fourth-order valence-electron chi connectivity index (χ4n) is 2.93. The highest BCUT2D eigenvalue weighted by Gasteiger charge is 2.20. The van der Waals surface area contributed by atoms with Crippen molar-refractivity contribution in [3.63, 3.8) is 0 Å². The molecule has 2 amide bonds. The van der Waals surface area contributed by atoms with Crippen LogP contribution in [-0.4, -0.2) is 31.8 Å². The number of carbonyl (C=O) groups is 2. The molecule has 10 heteroatoms. The third-order valence-electron chi connectivity index (χ3n) is 4.48. The molecule has 156 valence electrons. The molecule has 4 rings (SSSR count). The molecule has 0 radical (unpaired) electrons. The van der Waals surface area contributed by atoms with Crippen LogP contribution in [0.4, 0.5) is 0 Å². The Kier molecular flexibility index (Phi) is 5.79. The van der Waals surface area contributed by atoms with E-state index >= 15 is 0 Å². The van der Waals surface area contributed by atoms with Gasteiger partial charge in [-0.2, -0.15) is 0 Å². The Labute approximate surface area is 186 Å². The quantitative estimate of drug-likeness (QED) is 0.459. The van der Waals surface area contributed by atoms with Gasteiger partial charge < -0.3 is 0 Å². The van der Waals surface area contributed by atoms with Crippen molar-refractivity contribution in [3.05, 3.63) is 81.6 Å². The van der Waals surface area contributed by atoms with E-state index in [0.29, 0.717) is 27.0 Å². The van der Waals surface area contributed by atoms with E-state index in [-0.39, 0.29) is 5.69 Å². The maximum atomic E-state index is 12.6. The molecule has 0 saturated carbocycles. The monoisotopic (exact) mass is 452 g/mol. The number of aromatic nitrogens is 4. The van der Waals surface area contributed by atoms with Gasteiger partial charge in [0.2, 0.25) is 0 Å². The Balaban J connectivity index is 1.46. The van der Waals surface area contributed by atoms with Gasteiger partial charge in [0, 0.05) is 10.6 Å². The summed E-state index contributed by atoms with van der Waals surface area (Å²) in [5.41, 5.74) is 7.59. The van der Waals surface area contributed by atoms with Crippen molar-refractivity contribution < 1.29 is 9.59 Å². The first-order chi connectivity index (χ1) is 14.9. The first-order valence-electron chi connectivity index (χ1n) is 9.26. The SMILES string of the molecule is Cc1nc(-c2ccccc2)sc1C(=O)NNC(=O)c1nnn(-c2cccc(Cl)c2)c1C. The molecule has 0 aliphatic heterocycles. The van der Waals surface area contributed by atoms with Crippen molar-refractivity contribution in [2.24, 2.45) is 0 Å². The lowest BCUT2D eigenvalue weighted by Crippen LogP contribution is -2.42. The average Bonchev–Trinajstić information content (AvgIpc) is 3.35. The first-order valence-corrected chi connectivity index (χ1v) is 10.5. The van der Waals surface area contributed by atoms with Crippen molar-refractivity contribution in [3.8, 4) is 16.3 Å². The minimum Gasteiger partial charge on any atom is -0.266 e. The normalized spacial score (nSPS) is 10.7. The number of benzene rings is 2. The molecular weight excluding hydrogens is 436 g/mol. The number of halogens is 1. The number of nitrogens with zero attached hydrogens (tertiary/aromatic N) is 4. The minimum atomic E-state index is -0.579. The summed E-state index contributed by atoms with van der Waals surface area (Å²) in [6.45, 7) is 3.46. The van der Waals surface area contributed by atoms with E-state index in [2.05, 4.69) is 26.1 Å². The lowest BCUT2D eigenvalue weighted by molar-refractivity contribution is 0.0845. The van der Waals surface area contributed by atoms with Gasteiger partial charge >= 0.3 is 0 Å². The van der Waals surface area contributed by atoms with E-state index in [1.54, 1.807) is 38.1 Å². The second kappa shape index (κ2) is 8.66. The molecule has 8 nitrogen and oxygen atoms in total. The van der Waals surface area contributed by atoms with Gasteiger partial charge in [0.15, 0.2) is 5.69 Å². The zero-order chi connectivity index (χ0) is 22.0. The lowest BCUT2D eigenvalue weighted by Gasteiger charge is -2.06. The maximum absolute atomic E-state index is 12.6. The van der Waals surface area contributed by atoms with Gasteiger partial charge in [0.25, 0.3) is 11.8 Å². The van der Waals surface area contributed by atoms with Crippen LogP contribution in [0.1, 0.15) is 31.5 Å². The van der Waals surface area contributed by atoms with E-state index in [4.69, 9.17) is 11.6 Å². The first kappa shape index (κ1) is 20.7. The van der Waals surface area contributed by atoms with E-state index in [9.17, 15) is 9.59 Å². The molecule has 0 aliphatic carbocycles. The molecule has 2 aromatic carbocycles. The zero-order valence-electron chi connectivity index (χ0n) is 16.6. The summed E-state index contributed by atoms with van der Waals surface area (Å²) in [7, 11) is 0. The van der Waals surface area contributed by atoms with Crippen LogP contribution < -0.4 is 10.9 Å². The molecule has 31 heavy (non-hydrogen) atoms. The number of aryl methyl sites for hydroxylation is 1. The molecule has 2 heterocycles. The standard InChI is InChI=1S/C21H17ClN6O2S/c1-12-18(31-21(23-12)14-7-4-3-5-8-14)20(30)26-25-19(29)17-13(2)28(27-24-17)16-10-6-9-15(22)11-16/h3-11H,1-2H3,(H,25,29)(H,26,30). The number of carbonyl (C=O) groups excluding carboxylic acids is 2. The third kappa shape index (κ3) is 4.32. The summed E-state index contributed by atoms with van der Waals surface area (Å²) in [5.74, 6) is -1.03. The van der Waals surface area contributed by atoms with Crippen LogP contribution in [0.15, 0.2) is 54.6 Å². The summed E-state index contributed by atoms with van der Waals surface area (Å²) in [5, 5.41) is 9.21. The van der Waals surface area contributed by atoms with Gasteiger partial charge in [-0.05, 0) is 32.0 Å². The van der Waals surface area contributed by atoms with Crippen molar-refractivity contribution in [2.75, 3.05) is 0 Å². The fraction of sp³-hybridized carbons (Fsp3) is 0.0952. The summed E-state index contributed by atoms with van der Waals surface area (Å²) >= 11 is 7.28. The van der Waals surface area contributed by atoms with Gasteiger partial charge in [0.05, 0.1) is 17.1 Å². The Hall–Kier alpha value is -3.56. The predicted molar refractivity (Wildman–Crippen MR) is 118 cm³/mol. The van der Waals surface area contributed by atoms with E-state index in [1.165, 1.54) is 16.0 Å². The van der Waals surface area contributed by atoms with Crippen LogP contribution >= 0.6 is 22.9 Å². The maximum Gasteiger partial charge on any atom is 0.292 e. The molecule has 0 aliphatic rings. The smallest absolute Gasteiger partial charge is 0.266 e. The predicted octanol–water partition coefficient (Wildman–Crippen LogP) is 3.74. The zero-order valence-corrected chi connectivity index (χ0v) is 18.2. The fourth-order valence-corrected chi connectivity index (χ4v) is 4.08. The molecule has 0 saturated heterocycles. The van der Waals surface area contributed by atoms with Gasteiger partial charge in [-0.3, -0.25) is 20.4 Å². The second-order valence-corrected chi connectivity index (χ2v) is 8.06. The summed E-state index contributed by atoms with van der Waals surface area (Å²) < 4.78 is 1.50. The Morgan fingerprint density at radius 2 is 1.74 bits per heavy atom.